The highest BCUT2D eigenvalue weighted by Gasteiger charge is 2.46. The summed E-state index contributed by atoms with van der Waals surface area (Å²) in [6.07, 6.45) is -0.000211. The van der Waals surface area contributed by atoms with E-state index in [1.807, 2.05) is 82.3 Å². The number of ether oxygens (including phenoxy) is 3. The van der Waals surface area contributed by atoms with E-state index in [1.165, 1.54) is 4.90 Å². The minimum atomic E-state index is -0.797. The molecule has 39 heavy (non-hydrogen) atoms. The van der Waals surface area contributed by atoms with Crippen molar-refractivity contribution in [1.29, 1.82) is 0 Å². The number of carbonyl (C=O) groups is 2. The summed E-state index contributed by atoms with van der Waals surface area (Å²) in [5.41, 5.74) is 2.86. The van der Waals surface area contributed by atoms with Crippen LogP contribution < -0.4 is 14.2 Å². The highest BCUT2D eigenvalue weighted by molar-refractivity contribution is 6.46. The van der Waals surface area contributed by atoms with Gasteiger partial charge in [0.2, 0.25) is 0 Å². The van der Waals surface area contributed by atoms with E-state index in [0.29, 0.717) is 28.4 Å². The summed E-state index contributed by atoms with van der Waals surface area (Å²) < 4.78 is 16.6. The standard InChI is InChI=1S/C32H35NO6/c1-19(2)26-17-23(12-15-27(26)38-6)30(34)28-29(22-10-13-24(14-11-22)39-20(3)4)33(32(36)31(28)35)18-21-8-7-9-25(16-21)37-5/h7-17,19-20,29,34H,18H2,1-6H3/b30-28-. The Morgan fingerprint density at radius 3 is 2.23 bits per heavy atom. The van der Waals surface area contributed by atoms with Gasteiger partial charge in [-0.2, -0.15) is 0 Å². The number of Topliss-reactive ketones (excluding diaryl/α,β-unsaturated/α-hetero) is 1. The Hall–Kier alpha value is -4.26. The Bertz CT molecular complexity index is 1390. The minimum Gasteiger partial charge on any atom is -0.507 e. The molecule has 4 rings (SSSR count). The lowest BCUT2D eigenvalue weighted by Gasteiger charge is -2.26. The number of rotatable bonds is 9. The van der Waals surface area contributed by atoms with Crippen LogP contribution >= 0.6 is 0 Å². The maximum absolute atomic E-state index is 13.5. The number of aliphatic hydroxyl groups is 1. The van der Waals surface area contributed by atoms with Crippen LogP contribution in [0.25, 0.3) is 5.76 Å². The van der Waals surface area contributed by atoms with Gasteiger partial charge in [0, 0.05) is 12.1 Å². The lowest BCUT2D eigenvalue weighted by Crippen LogP contribution is -2.29. The maximum atomic E-state index is 13.5. The number of amides is 1. The topological polar surface area (TPSA) is 85.3 Å². The van der Waals surface area contributed by atoms with Crippen LogP contribution in [0.5, 0.6) is 17.2 Å². The first-order chi connectivity index (χ1) is 18.6. The van der Waals surface area contributed by atoms with Gasteiger partial charge in [0.1, 0.15) is 23.0 Å². The van der Waals surface area contributed by atoms with Gasteiger partial charge in [0.25, 0.3) is 11.7 Å². The molecule has 7 nitrogen and oxygen atoms in total. The molecule has 3 aromatic carbocycles. The van der Waals surface area contributed by atoms with Gasteiger partial charge in [0.05, 0.1) is 31.9 Å². The molecule has 0 aliphatic carbocycles. The van der Waals surface area contributed by atoms with E-state index >= 15 is 0 Å². The number of ketones is 1. The third-order valence-electron chi connectivity index (χ3n) is 6.72. The summed E-state index contributed by atoms with van der Waals surface area (Å²) in [7, 11) is 3.17. The number of nitrogens with zero attached hydrogens (tertiary/aromatic N) is 1. The summed E-state index contributed by atoms with van der Waals surface area (Å²) in [5, 5.41) is 11.5. The van der Waals surface area contributed by atoms with E-state index in [9.17, 15) is 14.7 Å². The molecule has 1 atom stereocenters. The molecular formula is C32H35NO6. The number of likely N-dealkylation sites (tertiary alicyclic amines) is 1. The summed E-state index contributed by atoms with van der Waals surface area (Å²) in [6.45, 7) is 8.09. The molecule has 0 spiro atoms. The van der Waals surface area contributed by atoms with Gasteiger partial charge in [-0.15, -0.1) is 0 Å². The van der Waals surface area contributed by atoms with Crippen molar-refractivity contribution in [3.63, 3.8) is 0 Å². The molecule has 1 unspecified atom stereocenters. The van der Waals surface area contributed by atoms with Gasteiger partial charge in [-0.3, -0.25) is 9.59 Å². The highest BCUT2D eigenvalue weighted by Crippen LogP contribution is 2.41. The monoisotopic (exact) mass is 529 g/mol. The first-order valence-corrected chi connectivity index (χ1v) is 13.0. The second-order valence-corrected chi connectivity index (χ2v) is 10.1. The van der Waals surface area contributed by atoms with Crippen molar-refractivity contribution in [2.75, 3.05) is 14.2 Å². The number of hydrogen-bond acceptors (Lipinski definition) is 6. The van der Waals surface area contributed by atoms with Crippen LogP contribution in [0.2, 0.25) is 0 Å². The number of carbonyl (C=O) groups excluding carboxylic acids is 2. The van der Waals surface area contributed by atoms with Gasteiger partial charge >= 0.3 is 0 Å². The SMILES string of the molecule is COc1cccc(CN2C(=O)C(=O)/C(=C(\O)c3ccc(OC)c(C(C)C)c3)C2c2ccc(OC(C)C)cc2)c1. The second kappa shape index (κ2) is 11.6. The summed E-state index contributed by atoms with van der Waals surface area (Å²) >= 11 is 0. The Morgan fingerprint density at radius 2 is 1.62 bits per heavy atom. The van der Waals surface area contributed by atoms with Crippen molar-refractivity contribution in [2.45, 2.75) is 52.3 Å². The largest absolute Gasteiger partial charge is 0.507 e. The zero-order valence-corrected chi connectivity index (χ0v) is 23.2. The van der Waals surface area contributed by atoms with Crippen LogP contribution in [0.1, 0.15) is 61.9 Å². The Kier molecular flexibility index (Phi) is 8.29. The number of hydrogen-bond donors (Lipinski definition) is 1. The third kappa shape index (κ3) is 5.77. The maximum Gasteiger partial charge on any atom is 0.295 e. The molecule has 1 heterocycles. The number of benzene rings is 3. The van der Waals surface area contributed by atoms with E-state index < -0.39 is 17.7 Å². The molecule has 0 radical (unpaired) electrons. The van der Waals surface area contributed by atoms with Gasteiger partial charge in [0.15, 0.2) is 0 Å². The normalized spacial score (nSPS) is 16.7. The lowest BCUT2D eigenvalue weighted by molar-refractivity contribution is -0.140. The first kappa shape index (κ1) is 27.8. The smallest absolute Gasteiger partial charge is 0.295 e. The van der Waals surface area contributed by atoms with Gasteiger partial charge < -0.3 is 24.2 Å². The van der Waals surface area contributed by atoms with Crippen LogP contribution in [-0.4, -0.2) is 42.0 Å². The Balaban J connectivity index is 1.85. The van der Waals surface area contributed by atoms with Crippen LogP contribution in [0.4, 0.5) is 0 Å². The zero-order chi connectivity index (χ0) is 28.3. The molecule has 3 aromatic rings. The fourth-order valence-corrected chi connectivity index (χ4v) is 4.85. The van der Waals surface area contributed by atoms with Crippen molar-refractivity contribution >= 4 is 17.4 Å². The molecule has 0 bridgehead atoms. The molecule has 1 N–H and O–H groups in total. The molecule has 1 aliphatic heterocycles. The number of methoxy groups -OCH3 is 2. The van der Waals surface area contributed by atoms with E-state index in [2.05, 4.69) is 0 Å². The molecule has 1 saturated heterocycles. The fraction of sp³-hybridized carbons (Fsp3) is 0.312. The van der Waals surface area contributed by atoms with Gasteiger partial charge in [-0.1, -0.05) is 38.1 Å². The second-order valence-electron chi connectivity index (χ2n) is 10.1. The Morgan fingerprint density at radius 1 is 0.897 bits per heavy atom. The predicted molar refractivity (Wildman–Crippen MR) is 150 cm³/mol. The lowest BCUT2D eigenvalue weighted by atomic mass is 9.93. The summed E-state index contributed by atoms with van der Waals surface area (Å²) in [5.74, 6) is 0.503. The van der Waals surface area contributed by atoms with Crippen molar-refractivity contribution < 1.29 is 28.9 Å². The van der Waals surface area contributed by atoms with Gasteiger partial charge in [-0.05, 0) is 78.9 Å². The van der Waals surface area contributed by atoms with Gasteiger partial charge in [-0.25, -0.2) is 0 Å². The molecular weight excluding hydrogens is 494 g/mol. The predicted octanol–water partition coefficient (Wildman–Crippen LogP) is 6.24. The third-order valence-corrected chi connectivity index (χ3v) is 6.72. The number of aliphatic hydroxyl groups excluding tert-OH is 1. The molecule has 1 fully saturated rings. The molecule has 0 saturated carbocycles. The van der Waals surface area contributed by atoms with Crippen LogP contribution in [-0.2, 0) is 16.1 Å². The molecule has 204 valence electrons. The van der Waals surface area contributed by atoms with E-state index in [1.54, 1.807) is 26.4 Å². The van der Waals surface area contributed by atoms with E-state index in [0.717, 1.165) is 11.1 Å². The molecule has 1 amide bonds. The van der Waals surface area contributed by atoms with E-state index in [4.69, 9.17) is 14.2 Å². The average molecular weight is 530 g/mol. The minimum absolute atomic E-state index is 0.000211. The average Bonchev–Trinajstić information content (AvgIpc) is 3.17. The molecule has 1 aliphatic rings. The molecule has 7 heteroatoms. The quantitative estimate of drug-likeness (QED) is 0.201. The zero-order valence-electron chi connectivity index (χ0n) is 23.2. The van der Waals surface area contributed by atoms with Crippen molar-refractivity contribution in [1.82, 2.24) is 4.90 Å². The first-order valence-electron chi connectivity index (χ1n) is 13.0. The van der Waals surface area contributed by atoms with Crippen LogP contribution in [0.3, 0.4) is 0 Å². The molecule has 0 aromatic heterocycles. The summed E-state index contributed by atoms with van der Waals surface area (Å²) in [4.78, 5) is 28.4. The van der Waals surface area contributed by atoms with Crippen molar-refractivity contribution in [3.05, 3.63) is 94.6 Å². The van der Waals surface area contributed by atoms with Crippen molar-refractivity contribution in [3.8, 4) is 17.2 Å². The summed E-state index contributed by atoms with van der Waals surface area (Å²) in [6, 6.07) is 19.1. The highest BCUT2D eigenvalue weighted by atomic mass is 16.5. The fourth-order valence-electron chi connectivity index (χ4n) is 4.85. The van der Waals surface area contributed by atoms with E-state index in [-0.39, 0.29) is 29.9 Å². The Labute approximate surface area is 229 Å². The van der Waals surface area contributed by atoms with Crippen LogP contribution in [0.15, 0.2) is 72.3 Å². The van der Waals surface area contributed by atoms with Crippen LogP contribution in [0, 0.1) is 0 Å². The van der Waals surface area contributed by atoms with Crippen molar-refractivity contribution in [2.24, 2.45) is 0 Å².